The van der Waals surface area contributed by atoms with Crippen molar-refractivity contribution in [1.82, 2.24) is 4.90 Å². The van der Waals surface area contributed by atoms with Crippen molar-refractivity contribution in [2.24, 2.45) is 5.92 Å². The van der Waals surface area contributed by atoms with Crippen LogP contribution in [0.2, 0.25) is 0 Å². The summed E-state index contributed by atoms with van der Waals surface area (Å²) < 4.78 is 0. The zero-order chi connectivity index (χ0) is 13.9. The molecule has 0 aromatic rings. The van der Waals surface area contributed by atoms with E-state index < -0.39 is 0 Å². The van der Waals surface area contributed by atoms with Crippen molar-refractivity contribution in [3.05, 3.63) is 12.2 Å². The van der Waals surface area contributed by atoms with E-state index in [9.17, 15) is 14.4 Å². The number of imide groups is 1. The molecule has 1 aliphatic carbocycles. The second-order valence-electron chi connectivity index (χ2n) is 5.06. The van der Waals surface area contributed by atoms with Crippen LogP contribution in [0.5, 0.6) is 0 Å². The molecule has 0 radical (unpaired) electrons. The lowest BCUT2D eigenvalue weighted by Gasteiger charge is -2.34. The lowest BCUT2D eigenvalue weighted by atomic mass is 9.81. The molecule has 1 saturated carbocycles. The summed E-state index contributed by atoms with van der Waals surface area (Å²) in [6, 6.07) is -0.0471. The van der Waals surface area contributed by atoms with E-state index in [4.69, 9.17) is 0 Å². The number of allylic oxidation sites excluding steroid dienone is 1. The molecule has 0 aromatic heterocycles. The van der Waals surface area contributed by atoms with Gasteiger partial charge in [0.2, 0.25) is 11.8 Å². The Morgan fingerprint density at radius 2 is 1.39 bits per heavy atom. The maximum Gasteiger partial charge on any atom is 0.226 e. The van der Waals surface area contributed by atoms with Gasteiger partial charge in [-0.1, -0.05) is 6.58 Å². The van der Waals surface area contributed by atoms with Gasteiger partial charge in [0.1, 0.15) is 0 Å². The average molecular weight is 251 g/mol. The van der Waals surface area contributed by atoms with Crippen molar-refractivity contribution in [3.8, 4) is 0 Å². The molecule has 0 spiro atoms. The molecule has 0 aliphatic heterocycles. The van der Waals surface area contributed by atoms with Gasteiger partial charge in [-0.05, 0) is 38.2 Å². The van der Waals surface area contributed by atoms with Crippen LogP contribution in [0.1, 0.15) is 46.5 Å². The summed E-state index contributed by atoms with van der Waals surface area (Å²) in [5.41, 5.74) is 0.591. The van der Waals surface area contributed by atoms with Crippen molar-refractivity contribution in [2.45, 2.75) is 52.5 Å². The lowest BCUT2D eigenvalue weighted by molar-refractivity contribution is -0.145. The first-order valence-corrected chi connectivity index (χ1v) is 6.34. The van der Waals surface area contributed by atoms with Gasteiger partial charge in [0.05, 0.1) is 0 Å². The van der Waals surface area contributed by atoms with Gasteiger partial charge in [0.15, 0.2) is 5.78 Å². The summed E-state index contributed by atoms with van der Waals surface area (Å²) in [5, 5.41) is 0. The number of Topliss-reactive ketones (excluding diaryl/α,β-unsaturated/α-hetero) is 1. The van der Waals surface area contributed by atoms with Crippen molar-refractivity contribution in [2.75, 3.05) is 0 Å². The van der Waals surface area contributed by atoms with Gasteiger partial charge >= 0.3 is 0 Å². The number of carbonyl (C=O) groups excluding carboxylic acids is 3. The smallest absolute Gasteiger partial charge is 0.226 e. The molecule has 100 valence electrons. The molecule has 0 saturated heterocycles. The van der Waals surface area contributed by atoms with Gasteiger partial charge in [0.25, 0.3) is 0 Å². The van der Waals surface area contributed by atoms with Crippen molar-refractivity contribution < 1.29 is 14.4 Å². The highest BCUT2D eigenvalue weighted by molar-refractivity contribution is 5.96. The third kappa shape index (κ3) is 3.28. The van der Waals surface area contributed by atoms with E-state index in [0.717, 1.165) is 12.8 Å². The molecule has 1 rings (SSSR count). The Hall–Kier alpha value is -1.45. The summed E-state index contributed by atoms with van der Waals surface area (Å²) in [7, 11) is 0. The Labute approximate surface area is 108 Å². The number of amides is 2. The molecule has 0 heterocycles. The highest BCUT2D eigenvalue weighted by Crippen LogP contribution is 2.29. The first-order valence-electron chi connectivity index (χ1n) is 6.34. The molecule has 0 atom stereocenters. The normalized spacial score (nSPS) is 23.3. The minimum atomic E-state index is -0.211. The minimum Gasteiger partial charge on any atom is -0.294 e. The van der Waals surface area contributed by atoms with E-state index in [1.165, 1.54) is 18.7 Å². The maximum absolute atomic E-state index is 11.8. The number of carbonyl (C=O) groups is 3. The molecular formula is C14H21NO3. The Balaban J connectivity index is 2.63. The molecule has 1 aliphatic rings. The van der Waals surface area contributed by atoms with Gasteiger partial charge in [-0.3, -0.25) is 19.3 Å². The highest BCUT2D eigenvalue weighted by atomic mass is 16.2. The fourth-order valence-corrected chi connectivity index (χ4v) is 2.68. The summed E-state index contributed by atoms with van der Waals surface area (Å²) >= 11 is 0. The SMILES string of the molecule is C=C(C)C(=O)C1CCC(N(C(C)=O)C(C)=O)CC1. The van der Waals surface area contributed by atoms with E-state index in [1.807, 2.05) is 0 Å². The average Bonchev–Trinajstić information content (AvgIpc) is 2.28. The number of hydrogen-bond donors (Lipinski definition) is 0. The van der Waals surface area contributed by atoms with Gasteiger partial charge in [-0.2, -0.15) is 0 Å². The Kier molecular flexibility index (Phi) is 4.82. The van der Waals surface area contributed by atoms with E-state index >= 15 is 0 Å². The number of ketones is 1. The molecule has 0 aromatic carbocycles. The second-order valence-corrected chi connectivity index (χ2v) is 5.06. The van der Waals surface area contributed by atoms with Crippen molar-refractivity contribution >= 4 is 17.6 Å². The summed E-state index contributed by atoms with van der Waals surface area (Å²) in [5.74, 6) is -0.292. The van der Waals surface area contributed by atoms with Gasteiger partial charge in [-0.25, -0.2) is 0 Å². The number of rotatable bonds is 3. The predicted molar refractivity (Wildman–Crippen MR) is 68.8 cm³/mol. The maximum atomic E-state index is 11.8. The summed E-state index contributed by atoms with van der Waals surface area (Å²) in [4.78, 5) is 36.0. The number of hydrogen-bond acceptors (Lipinski definition) is 3. The van der Waals surface area contributed by atoms with Crippen LogP contribution in [0, 0.1) is 5.92 Å². The zero-order valence-corrected chi connectivity index (χ0v) is 11.4. The molecule has 0 unspecified atom stereocenters. The molecular weight excluding hydrogens is 230 g/mol. The summed E-state index contributed by atoms with van der Waals surface area (Å²) in [6.07, 6.45) is 2.88. The monoisotopic (exact) mass is 251 g/mol. The fraction of sp³-hybridized carbons (Fsp3) is 0.643. The van der Waals surface area contributed by atoms with E-state index in [0.29, 0.717) is 18.4 Å². The van der Waals surface area contributed by atoms with Gasteiger partial charge in [0, 0.05) is 25.8 Å². The first-order chi connectivity index (χ1) is 8.34. The van der Waals surface area contributed by atoms with Crippen LogP contribution < -0.4 is 0 Å². The van der Waals surface area contributed by atoms with Gasteiger partial charge < -0.3 is 0 Å². The minimum absolute atomic E-state index is 0.0134. The van der Waals surface area contributed by atoms with E-state index in [-0.39, 0.29) is 29.6 Å². The Bertz CT molecular complexity index is 365. The predicted octanol–water partition coefficient (Wildman–Crippen LogP) is 2.09. The van der Waals surface area contributed by atoms with Crippen LogP contribution in [0.15, 0.2) is 12.2 Å². The molecule has 18 heavy (non-hydrogen) atoms. The lowest BCUT2D eigenvalue weighted by Crippen LogP contribution is -2.44. The van der Waals surface area contributed by atoms with Crippen molar-refractivity contribution in [3.63, 3.8) is 0 Å². The molecule has 0 N–H and O–H groups in total. The van der Waals surface area contributed by atoms with E-state index in [1.54, 1.807) is 6.92 Å². The third-order valence-corrected chi connectivity index (χ3v) is 3.53. The van der Waals surface area contributed by atoms with Crippen LogP contribution in [0.4, 0.5) is 0 Å². The molecule has 0 bridgehead atoms. The fourth-order valence-electron chi connectivity index (χ4n) is 2.68. The first kappa shape index (κ1) is 14.6. The van der Waals surface area contributed by atoms with Crippen LogP contribution in [0.3, 0.4) is 0 Å². The third-order valence-electron chi connectivity index (χ3n) is 3.53. The Morgan fingerprint density at radius 3 is 1.72 bits per heavy atom. The highest BCUT2D eigenvalue weighted by Gasteiger charge is 2.32. The Morgan fingerprint density at radius 1 is 0.944 bits per heavy atom. The van der Waals surface area contributed by atoms with Crippen LogP contribution in [-0.4, -0.2) is 28.5 Å². The molecule has 4 nitrogen and oxygen atoms in total. The van der Waals surface area contributed by atoms with Crippen LogP contribution >= 0.6 is 0 Å². The second kappa shape index (κ2) is 5.94. The standard InChI is InChI=1S/C14H21NO3/c1-9(2)14(18)12-5-7-13(8-6-12)15(10(3)16)11(4)17/h12-13H,1,5-8H2,2-4H3. The van der Waals surface area contributed by atoms with Crippen LogP contribution in [0.25, 0.3) is 0 Å². The molecule has 2 amide bonds. The van der Waals surface area contributed by atoms with Crippen LogP contribution in [-0.2, 0) is 14.4 Å². The number of nitrogens with zero attached hydrogens (tertiary/aromatic N) is 1. The van der Waals surface area contributed by atoms with E-state index in [2.05, 4.69) is 6.58 Å². The summed E-state index contributed by atoms with van der Waals surface area (Å²) in [6.45, 7) is 8.22. The quantitative estimate of drug-likeness (QED) is 0.722. The van der Waals surface area contributed by atoms with Gasteiger partial charge in [-0.15, -0.1) is 0 Å². The molecule has 4 heteroatoms. The van der Waals surface area contributed by atoms with Crippen molar-refractivity contribution in [1.29, 1.82) is 0 Å². The topological polar surface area (TPSA) is 54.5 Å². The zero-order valence-electron chi connectivity index (χ0n) is 11.4. The molecule has 1 fully saturated rings. The largest absolute Gasteiger partial charge is 0.294 e.